The summed E-state index contributed by atoms with van der Waals surface area (Å²) in [6.45, 7) is 0. The fraction of sp³-hybridized carbons (Fsp3) is 0.389. The Hall–Kier alpha value is -2.01. The van der Waals surface area contributed by atoms with Gasteiger partial charge in [0.2, 0.25) is 5.91 Å². The van der Waals surface area contributed by atoms with Gasteiger partial charge < -0.3 is 14.8 Å². The molecular weight excluding hydrogens is 310 g/mol. The van der Waals surface area contributed by atoms with Crippen LogP contribution >= 0.6 is 11.3 Å². The fourth-order valence-electron chi connectivity index (χ4n) is 3.20. The molecule has 1 aliphatic heterocycles. The van der Waals surface area contributed by atoms with Crippen LogP contribution in [0.4, 0.5) is 5.69 Å². The predicted octanol–water partition coefficient (Wildman–Crippen LogP) is 4.36. The molecule has 1 aromatic heterocycles. The van der Waals surface area contributed by atoms with E-state index < -0.39 is 5.79 Å². The molecule has 1 aromatic carbocycles. The van der Waals surface area contributed by atoms with Gasteiger partial charge in [-0.15, -0.1) is 11.3 Å². The molecule has 23 heavy (non-hydrogen) atoms. The van der Waals surface area contributed by atoms with Crippen LogP contribution in [0.15, 0.2) is 35.7 Å². The fourth-order valence-corrected chi connectivity index (χ4v) is 3.91. The van der Waals surface area contributed by atoms with Gasteiger partial charge >= 0.3 is 0 Å². The number of hydrogen-bond donors (Lipinski definition) is 1. The zero-order valence-electron chi connectivity index (χ0n) is 12.8. The van der Waals surface area contributed by atoms with Crippen molar-refractivity contribution in [2.24, 2.45) is 0 Å². The number of ether oxygens (including phenoxy) is 2. The van der Waals surface area contributed by atoms with Gasteiger partial charge in [-0.3, -0.25) is 4.79 Å². The number of thiophene rings is 1. The Kier molecular flexibility index (Phi) is 3.73. The molecule has 4 rings (SSSR count). The molecule has 1 N–H and O–H groups in total. The van der Waals surface area contributed by atoms with Crippen LogP contribution < -0.4 is 14.8 Å². The van der Waals surface area contributed by atoms with Crippen molar-refractivity contribution in [3.63, 3.8) is 0 Å². The summed E-state index contributed by atoms with van der Waals surface area (Å²) in [5, 5.41) is 4.97. The summed E-state index contributed by atoms with van der Waals surface area (Å²) in [6, 6.07) is 9.69. The van der Waals surface area contributed by atoms with Crippen LogP contribution in [0, 0.1) is 0 Å². The maximum atomic E-state index is 12.1. The minimum Gasteiger partial charge on any atom is -0.448 e. The third-order valence-corrected chi connectivity index (χ3v) is 5.30. The SMILES string of the molecule is O=C(CCc1cccs1)Nc1ccc2c(c1)OC1(CCCC1)O2. The van der Waals surface area contributed by atoms with Crippen LogP contribution in [0.25, 0.3) is 0 Å². The number of benzene rings is 1. The molecule has 2 heterocycles. The normalized spacial score (nSPS) is 17.6. The molecule has 0 radical (unpaired) electrons. The zero-order chi connectivity index (χ0) is 15.7. The molecule has 2 aromatic rings. The summed E-state index contributed by atoms with van der Waals surface area (Å²) in [4.78, 5) is 13.3. The molecule has 1 aliphatic carbocycles. The molecular formula is C18H19NO3S. The molecule has 0 saturated heterocycles. The predicted molar refractivity (Wildman–Crippen MR) is 90.2 cm³/mol. The maximum absolute atomic E-state index is 12.1. The first-order valence-corrected chi connectivity index (χ1v) is 8.95. The van der Waals surface area contributed by atoms with Gasteiger partial charge in [-0.1, -0.05) is 6.07 Å². The Balaban J connectivity index is 1.38. The second kappa shape index (κ2) is 5.89. The van der Waals surface area contributed by atoms with E-state index in [1.807, 2.05) is 29.6 Å². The number of carbonyl (C=O) groups excluding carboxylic acids is 1. The van der Waals surface area contributed by atoms with Gasteiger partial charge in [0.25, 0.3) is 5.79 Å². The Morgan fingerprint density at radius 2 is 2.00 bits per heavy atom. The molecule has 1 spiro atoms. The minimum absolute atomic E-state index is 0.0212. The monoisotopic (exact) mass is 329 g/mol. The van der Waals surface area contributed by atoms with E-state index in [9.17, 15) is 4.79 Å². The maximum Gasteiger partial charge on any atom is 0.251 e. The number of rotatable bonds is 4. The number of nitrogens with one attached hydrogen (secondary N) is 1. The van der Waals surface area contributed by atoms with Crippen molar-refractivity contribution in [1.82, 2.24) is 0 Å². The van der Waals surface area contributed by atoms with Crippen molar-refractivity contribution in [2.75, 3.05) is 5.32 Å². The molecule has 1 fully saturated rings. The van der Waals surface area contributed by atoms with Crippen molar-refractivity contribution >= 4 is 22.9 Å². The van der Waals surface area contributed by atoms with E-state index in [2.05, 4.69) is 11.4 Å². The lowest BCUT2D eigenvalue weighted by atomic mass is 10.2. The van der Waals surface area contributed by atoms with Crippen molar-refractivity contribution in [3.8, 4) is 11.5 Å². The zero-order valence-corrected chi connectivity index (χ0v) is 13.7. The van der Waals surface area contributed by atoms with E-state index >= 15 is 0 Å². The third kappa shape index (κ3) is 3.06. The van der Waals surface area contributed by atoms with Gasteiger partial charge in [0.15, 0.2) is 11.5 Å². The lowest BCUT2D eigenvalue weighted by Gasteiger charge is -2.21. The molecule has 0 atom stereocenters. The van der Waals surface area contributed by atoms with E-state index in [0.717, 1.165) is 49.3 Å². The van der Waals surface area contributed by atoms with Crippen LogP contribution in [0.1, 0.15) is 37.0 Å². The molecule has 0 bridgehead atoms. The highest BCUT2D eigenvalue weighted by molar-refractivity contribution is 7.09. The van der Waals surface area contributed by atoms with Gasteiger partial charge in [0.1, 0.15) is 0 Å². The number of hydrogen-bond acceptors (Lipinski definition) is 4. The topological polar surface area (TPSA) is 47.6 Å². The average molecular weight is 329 g/mol. The highest BCUT2D eigenvalue weighted by Crippen LogP contribution is 2.47. The molecule has 1 amide bonds. The van der Waals surface area contributed by atoms with Crippen LogP contribution in [-0.2, 0) is 11.2 Å². The van der Waals surface area contributed by atoms with E-state index in [0.29, 0.717) is 6.42 Å². The number of aryl methyl sites for hydroxylation is 1. The summed E-state index contributed by atoms with van der Waals surface area (Å²) in [5.41, 5.74) is 0.763. The molecule has 5 heteroatoms. The first-order valence-electron chi connectivity index (χ1n) is 8.07. The van der Waals surface area contributed by atoms with Crippen LogP contribution in [-0.4, -0.2) is 11.7 Å². The van der Waals surface area contributed by atoms with Crippen molar-refractivity contribution in [3.05, 3.63) is 40.6 Å². The summed E-state index contributed by atoms with van der Waals surface area (Å²) in [5.74, 6) is 1.09. The van der Waals surface area contributed by atoms with Gasteiger partial charge in [-0.2, -0.15) is 0 Å². The number of amides is 1. The Morgan fingerprint density at radius 1 is 1.17 bits per heavy atom. The quantitative estimate of drug-likeness (QED) is 0.906. The van der Waals surface area contributed by atoms with Crippen LogP contribution in [0.5, 0.6) is 11.5 Å². The summed E-state index contributed by atoms with van der Waals surface area (Å²) in [7, 11) is 0. The first kappa shape index (κ1) is 14.6. The molecule has 1 saturated carbocycles. The standard InChI is InChI=1S/C18H19NO3S/c20-17(8-6-14-4-3-11-23-14)19-13-5-7-15-16(12-13)22-18(21-15)9-1-2-10-18/h3-5,7,11-12H,1-2,6,8-10H2,(H,19,20). The van der Waals surface area contributed by atoms with Crippen LogP contribution in [0.3, 0.4) is 0 Å². The average Bonchev–Trinajstić information content (AvgIpc) is 3.26. The van der Waals surface area contributed by atoms with Crippen molar-refractivity contribution in [1.29, 1.82) is 0 Å². The highest BCUT2D eigenvalue weighted by atomic mass is 32.1. The van der Waals surface area contributed by atoms with Crippen LogP contribution in [0.2, 0.25) is 0 Å². The Labute approximate surface area is 139 Å². The highest BCUT2D eigenvalue weighted by Gasteiger charge is 2.44. The third-order valence-electron chi connectivity index (χ3n) is 4.36. The molecule has 0 unspecified atom stereocenters. The number of anilines is 1. The first-order chi connectivity index (χ1) is 11.2. The summed E-state index contributed by atoms with van der Waals surface area (Å²) in [6.07, 6.45) is 5.41. The largest absolute Gasteiger partial charge is 0.448 e. The number of fused-ring (bicyclic) bond motifs is 1. The van der Waals surface area contributed by atoms with E-state index in [-0.39, 0.29) is 5.91 Å². The summed E-state index contributed by atoms with van der Waals surface area (Å²) < 4.78 is 12.0. The van der Waals surface area contributed by atoms with Crippen molar-refractivity contribution < 1.29 is 14.3 Å². The van der Waals surface area contributed by atoms with Gasteiger partial charge in [-0.25, -0.2) is 0 Å². The smallest absolute Gasteiger partial charge is 0.251 e. The molecule has 120 valence electrons. The van der Waals surface area contributed by atoms with E-state index in [1.165, 1.54) is 4.88 Å². The Bertz CT molecular complexity index is 705. The lowest BCUT2D eigenvalue weighted by Crippen LogP contribution is -2.34. The number of carbonyl (C=O) groups is 1. The molecule has 4 nitrogen and oxygen atoms in total. The Morgan fingerprint density at radius 3 is 2.78 bits per heavy atom. The van der Waals surface area contributed by atoms with Gasteiger partial charge in [0, 0.05) is 35.9 Å². The van der Waals surface area contributed by atoms with Crippen molar-refractivity contribution in [2.45, 2.75) is 44.3 Å². The van der Waals surface area contributed by atoms with E-state index in [4.69, 9.17) is 9.47 Å². The van der Waals surface area contributed by atoms with Gasteiger partial charge in [-0.05, 0) is 42.8 Å². The second-order valence-corrected chi connectivity index (χ2v) is 7.14. The van der Waals surface area contributed by atoms with Gasteiger partial charge in [0.05, 0.1) is 0 Å². The lowest BCUT2D eigenvalue weighted by molar-refractivity contribution is -0.116. The second-order valence-electron chi connectivity index (χ2n) is 6.11. The summed E-state index contributed by atoms with van der Waals surface area (Å²) >= 11 is 1.68. The molecule has 2 aliphatic rings. The minimum atomic E-state index is -0.454. The van der Waals surface area contributed by atoms with E-state index in [1.54, 1.807) is 11.3 Å².